The third kappa shape index (κ3) is 6.92. The quantitative estimate of drug-likeness (QED) is 0.345. The summed E-state index contributed by atoms with van der Waals surface area (Å²) in [6, 6.07) is 25.2. The van der Waals surface area contributed by atoms with E-state index in [1.807, 2.05) is 79.7 Å². The van der Waals surface area contributed by atoms with Gasteiger partial charge in [-0.15, -0.1) is 0 Å². The minimum Gasteiger partial charge on any atom is -0.462 e. The average Bonchev–Trinajstić information content (AvgIpc) is 2.95. The first kappa shape index (κ1) is 27.2. The first-order chi connectivity index (χ1) is 18.5. The summed E-state index contributed by atoms with van der Waals surface area (Å²) in [6.45, 7) is 6.01. The molecule has 7 heteroatoms. The van der Waals surface area contributed by atoms with E-state index >= 15 is 0 Å². The number of hydrogen-bond donors (Lipinski definition) is 0. The van der Waals surface area contributed by atoms with Crippen molar-refractivity contribution in [3.05, 3.63) is 101 Å². The van der Waals surface area contributed by atoms with Gasteiger partial charge in [0.15, 0.2) is 0 Å². The summed E-state index contributed by atoms with van der Waals surface area (Å²) in [5, 5.41) is 0. The molecule has 1 fully saturated rings. The zero-order valence-electron chi connectivity index (χ0n) is 22.3. The zero-order valence-corrected chi connectivity index (χ0v) is 22.3. The summed E-state index contributed by atoms with van der Waals surface area (Å²) in [5.41, 5.74) is 4.43. The summed E-state index contributed by atoms with van der Waals surface area (Å²) in [6.07, 6.45) is 0.0794. The highest BCUT2D eigenvalue weighted by molar-refractivity contribution is 5.91. The normalized spacial score (nSPS) is 17.1. The highest BCUT2D eigenvalue weighted by Gasteiger charge is 2.37. The second-order valence-corrected chi connectivity index (χ2v) is 9.51. The molecule has 0 spiro atoms. The van der Waals surface area contributed by atoms with Crippen LogP contribution in [-0.4, -0.2) is 55.9 Å². The Morgan fingerprint density at radius 2 is 1.63 bits per heavy atom. The monoisotopic (exact) mass is 516 g/mol. The second kappa shape index (κ2) is 13.1. The van der Waals surface area contributed by atoms with Gasteiger partial charge in [0.25, 0.3) is 0 Å². The number of benzene rings is 3. The molecule has 1 aliphatic heterocycles. The third-order valence-electron chi connectivity index (χ3n) is 6.80. The topological polar surface area (TPSA) is 68.3 Å². The molecule has 0 saturated carbocycles. The zero-order chi connectivity index (χ0) is 26.9. The number of anilines is 1. The SMILES string of the molecule is CCOC(=O)c1cc(C)cc(N2CC[C@H](N(Cc3ccccc3)C(=O)OCc3ccccc3)[C@H](OC)C2)c1. The highest BCUT2D eigenvalue weighted by Crippen LogP contribution is 2.28. The summed E-state index contributed by atoms with van der Waals surface area (Å²) in [4.78, 5) is 29.8. The van der Waals surface area contributed by atoms with Gasteiger partial charge in [-0.2, -0.15) is 0 Å². The lowest BCUT2D eigenvalue weighted by Gasteiger charge is -2.43. The summed E-state index contributed by atoms with van der Waals surface area (Å²) in [7, 11) is 1.68. The molecule has 7 nitrogen and oxygen atoms in total. The van der Waals surface area contributed by atoms with Gasteiger partial charge in [-0.25, -0.2) is 9.59 Å². The molecular formula is C31H36N2O5. The molecule has 38 heavy (non-hydrogen) atoms. The lowest BCUT2D eigenvalue weighted by atomic mass is 9.98. The molecule has 1 saturated heterocycles. The van der Waals surface area contributed by atoms with Gasteiger partial charge in [0, 0.05) is 32.4 Å². The summed E-state index contributed by atoms with van der Waals surface area (Å²) >= 11 is 0. The van der Waals surface area contributed by atoms with Crippen LogP contribution < -0.4 is 4.90 Å². The molecule has 1 amide bonds. The van der Waals surface area contributed by atoms with Crippen molar-refractivity contribution < 1.29 is 23.8 Å². The largest absolute Gasteiger partial charge is 0.462 e. The highest BCUT2D eigenvalue weighted by atomic mass is 16.6. The van der Waals surface area contributed by atoms with E-state index in [1.165, 1.54) is 0 Å². The van der Waals surface area contributed by atoms with Crippen LogP contribution >= 0.6 is 0 Å². The molecule has 1 heterocycles. The van der Waals surface area contributed by atoms with E-state index in [2.05, 4.69) is 11.0 Å². The molecule has 2 atom stereocenters. The standard InChI is InChI=1S/C31H36N2O5/c1-4-37-30(34)26-17-23(2)18-27(19-26)32-16-15-28(29(21-32)36-3)33(20-24-11-7-5-8-12-24)31(35)38-22-25-13-9-6-10-14-25/h5-14,17-19,28-29H,4,15-16,20-22H2,1-3H3/t28-,29+/m0/s1. The van der Waals surface area contributed by atoms with Crippen molar-refractivity contribution in [3.63, 3.8) is 0 Å². The molecule has 4 rings (SSSR count). The lowest BCUT2D eigenvalue weighted by molar-refractivity contribution is -0.00331. The molecule has 0 aliphatic carbocycles. The van der Waals surface area contributed by atoms with Crippen LogP contribution in [-0.2, 0) is 27.4 Å². The Labute approximate surface area is 224 Å². The Morgan fingerprint density at radius 3 is 2.29 bits per heavy atom. The number of methoxy groups -OCH3 is 1. The number of nitrogens with zero attached hydrogens (tertiary/aromatic N) is 2. The van der Waals surface area contributed by atoms with Crippen LogP contribution in [0.5, 0.6) is 0 Å². The molecule has 0 N–H and O–H groups in total. The van der Waals surface area contributed by atoms with Crippen LogP contribution in [0.25, 0.3) is 0 Å². The van der Waals surface area contributed by atoms with Crippen LogP contribution in [0.2, 0.25) is 0 Å². The number of ether oxygens (including phenoxy) is 3. The van der Waals surface area contributed by atoms with Gasteiger partial charge < -0.3 is 19.1 Å². The van der Waals surface area contributed by atoms with Gasteiger partial charge in [0.1, 0.15) is 6.61 Å². The first-order valence-electron chi connectivity index (χ1n) is 13.1. The van der Waals surface area contributed by atoms with Crippen LogP contribution in [0.1, 0.15) is 40.4 Å². The molecular weight excluding hydrogens is 480 g/mol. The average molecular weight is 517 g/mol. The maximum atomic E-state index is 13.4. The Kier molecular flexibility index (Phi) is 9.38. The second-order valence-electron chi connectivity index (χ2n) is 9.51. The maximum Gasteiger partial charge on any atom is 0.410 e. The van der Waals surface area contributed by atoms with E-state index in [9.17, 15) is 9.59 Å². The Bertz CT molecular complexity index is 1200. The van der Waals surface area contributed by atoms with Crippen LogP contribution in [0.4, 0.5) is 10.5 Å². The van der Waals surface area contributed by atoms with E-state index in [1.54, 1.807) is 18.9 Å². The van der Waals surface area contributed by atoms with Gasteiger partial charge >= 0.3 is 12.1 Å². The van der Waals surface area contributed by atoms with E-state index in [-0.39, 0.29) is 30.8 Å². The molecule has 0 aromatic heterocycles. The fourth-order valence-corrected chi connectivity index (χ4v) is 4.90. The predicted octanol–water partition coefficient (Wildman–Crippen LogP) is 5.60. The van der Waals surface area contributed by atoms with E-state index < -0.39 is 0 Å². The summed E-state index contributed by atoms with van der Waals surface area (Å²) in [5.74, 6) is -0.328. The van der Waals surface area contributed by atoms with Crippen LogP contribution in [0.15, 0.2) is 78.9 Å². The minimum absolute atomic E-state index is 0.172. The van der Waals surface area contributed by atoms with Crippen molar-refractivity contribution >= 4 is 17.7 Å². The Balaban J connectivity index is 1.53. The number of aryl methyl sites for hydroxylation is 1. The maximum absolute atomic E-state index is 13.4. The Hall–Kier alpha value is -3.84. The van der Waals surface area contributed by atoms with Crippen molar-refractivity contribution in [2.24, 2.45) is 0 Å². The fourth-order valence-electron chi connectivity index (χ4n) is 4.90. The van der Waals surface area contributed by atoms with Crippen molar-refractivity contribution in [2.45, 2.75) is 45.6 Å². The number of rotatable bonds is 9. The smallest absolute Gasteiger partial charge is 0.410 e. The van der Waals surface area contributed by atoms with Crippen molar-refractivity contribution in [2.75, 3.05) is 31.7 Å². The van der Waals surface area contributed by atoms with Crippen molar-refractivity contribution in [1.82, 2.24) is 4.90 Å². The number of hydrogen-bond acceptors (Lipinski definition) is 6. The number of piperidine rings is 1. The number of esters is 1. The minimum atomic E-state index is -0.363. The van der Waals surface area contributed by atoms with Gasteiger partial charge in [-0.05, 0) is 55.2 Å². The molecule has 1 aliphatic rings. The van der Waals surface area contributed by atoms with Gasteiger partial charge in [0.05, 0.1) is 24.3 Å². The molecule has 0 radical (unpaired) electrons. The van der Waals surface area contributed by atoms with Gasteiger partial charge in [-0.1, -0.05) is 60.7 Å². The predicted molar refractivity (Wildman–Crippen MR) is 147 cm³/mol. The fraction of sp³-hybridized carbons (Fsp3) is 0.355. The number of amides is 1. The lowest BCUT2D eigenvalue weighted by Crippen LogP contribution is -2.56. The number of carbonyl (C=O) groups excluding carboxylic acids is 2. The van der Waals surface area contributed by atoms with Crippen molar-refractivity contribution in [3.8, 4) is 0 Å². The summed E-state index contributed by atoms with van der Waals surface area (Å²) < 4.78 is 16.9. The van der Waals surface area contributed by atoms with Gasteiger partial charge in [0.2, 0.25) is 0 Å². The molecule has 3 aromatic carbocycles. The van der Waals surface area contributed by atoms with E-state index in [0.29, 0.717) is 38.2 Å². The van der Waals surface area contributed by atoms with E-state index in [0.717, 1.165) is 22.4 Å². The third-order valence-corrected chi connectivity index (χ3v) is 6.80. The number of carbonyl (C=O) groups is 2. The molecule has 0 bridgehead atoms. The van der Waals surface area contributed by atoms with Gasteiger partial charge in [-0.3, -0.25) is 4.90 Å². The molecule has 0 unspecified atom stereocenters. The molecule has 3 aromatic rings. The van der Waals surface area contributed by atoms with Crippen molar-refractivity contribution in [1.29, 1.82) is 0 Å². The van der Waals surface area contributed by atoms with E-state index in [4.69, 9.17) is 14.2 Å². The first-order valence-corrected chi connectivity index (χ1v) is 13.1. The van der Waals surface area contributed by atoms with Crippen LogP contribution in [0, 0.1) is 6.92 Å². The Morgan fingerprint density at radius 1 is 0.947 bits per heavy atom. The molecule has 200 valence electrons. The van der Waals surface area contributed by atoms with Crippen LogP contribution in [0.3, 0.4) is 0 Å².